The lowest BCUT2D eigenvalue weighted by Crippen LogP contribution is -2.54. The molecule has 0 aliphatic carbocycles. The standard InChI is InChI=1S/C27H26F6O3/c1-16-12-23(19-6-4-3-5-7-19)24(25(36,26(28,29)30)27(31,32)33)22(17(16)2)11-9-18-8-10-20(14-34)21(13-18)15-35/h3-8,10,12-13,34-36H,9,11,14-15H2,1-2H3. The molecular formula is C27H26F6O3. The van der Waals surface area contributed by atoms with Gasteiger partial charge in [-0.3, -0.25) is 0 Å². The average Bonchev–Trinajstić information content (AvgIpc) is 2.83. The normalized spacial score (nSPS) is 12.8. The third kappa shape index (κ3) is 5.00. The minimum absolute atomic E-state index is 0.0377. The first kappa shape index (κ1) is 27.7. The first-order valence-electron chi connectivity index (χ1n) is 11.1. The highest BCUT2D eigenvalue weighted by molar-refractivity contribution is 5.73. The predicted octanol–water partition coefficient (Wildman–Crippen LogP) is 6.05. The third-order valence-electron chi connectivity index (χ3n) is 6.52. The summed E-state index contributed by atoms with van der Waals surface area (Å²) in [6.07, 6.45) is -12.3. The van der Waals surface area contributed by atoms with Crippen LogP contribution in [0.5, 0.6) is 0 Å². The van der Waals surface area contributed by atoms with Crippen LogP contribution in [0.25, 0.3) is 11.1 Å². The van der Waals surface area contributed by atoms with Gasteiger partial charge in [0.05, 0.1) is 13.2 Å². The second-order valence-electron chi connectivity index (χ2n) is 8.71. The van der Waals surface area contributed by atoms with E-state index in [0.29, 0.717) is 22.3 Å². The number of aliphatic hydroxyl groups is 3. The molecule has 194 valence electrons. The van der Waals surface area contributed by atoms with Crippen LogP contribution < -0.4 is 0 Å². The van der Waals surface area contributed by atoms with Crippen LogP contribution in [-0.4, -0.2) is 27.7 Å². The molecule has 3 N–H and O–H groups in total. The highest BCUT2D eigenvalue weighted by Crippen LogP contribution is 2.54. The third-order valence-corrected chi connectivity index (χ3v) is 6.52. The Hall–Kier alpha value is -2.88. The lowest BCUT2D eigenvalue weighted by Gasteiger charge is -2.36. The van der Waals surface area contributed by atoms with Gasteiger partial charge < -0.3 is 15.3 Å². The van der Waals surface area contributed by atoms with Crippen molar-refractivity contribution in [1.29, 1.82) is 0 Å². The van der Waals surface area contributed by atoms with E-state index in [9.17, 15) is 41.7 Å². The van der Waals surface area contributed by atoms with E-state index >= 15 is 0 Å². The summed E-state index contributed by atoms with van der Waals surface area (Å²) in [7, 11) is 0. The van der Waals surface area contributed by atoms with Crippen LogP contribution in [-0.2, 0) is 31.7 Å². The number of hydrogen-bond donors (Lipinski definition) is 3. The molecule has 0 unspecified atom stereocenters. The van der Waals surface area contributed by atoms with Gasteiger partial charge in [-0.25, -0.2) is 0 Å². The van der Waals surface area contributed by atoms with E-state index in [1.54, 1.807) is 31.2 Å². The van der Waals surface area contributed by atoms with Crippen LogP contribution in [0.15, 0.2) is 54.6 Å². The molecule has 36 heavy (non-hydrogen) atoms. The molecule has 3 rings (SSSR count). The molecule has 0 saturated carbocycles. The molecule has 0 radical (unpaired) electrons. The van der Waals surface area contributed by atoms with Gasteiger partial charge in [-0.05, 0) is 71.2 Å². The fourth-order valence-electron chi connectivity index (χ4n) is 4.41. The molecule has 3 nitrogen and oxygen atoms in total. The molecule has 0 amide bonds. The Morgan fingerprint density at radius 3 is 1.83 bits per heavy atom. The van der Waals surface area contributed by atoms with Crippen molar-refractivity contribution in [3.63, 3.8) is 0 Å². The molecule has 0 heterocycles. The maximum Gasteiger partial charge on any atom is 0.430 e. The molecule has 3 aromatic carbocycles. The quantitative estimate of drug-likeness (QED) is 0.338. The van der Waals surface area contributed by atoms with Gasteiger partial charge in [0.25, 0.3) is 5.60 Å². The van der Waals surface area contributed by atoms with E-state index in [0.717, 1.165) is 0 Å². The molecule has 0 spiro atoms. The Labute approximate surface area is 204 Å². The van der Waals surface area contributed by atoms with Crippen LogP contribution in [0.1, 0.15) is 38.9 Å². The van der Waals surface area contributed by atoms with Gasteiger partial charge in [-0.15, -0.1) is 0 Å². The Morgan fingerprint density at radius 1 is 0.722 bits per heavy atom. The van der Waals surface area contributed by atoms with E-state index in [1.165, 1.54) is 37.3 Å². The molecule has 0 aromatic heterocycles. The van der Waals surface area contributed by atoms with Gasteiger partial charge in [0.2, 0.25) is 0 Å². The molecule has 0 aliphatic heterocycles. The topological polar surface area (TPSA) is 60.7 Å². The van der Waals surface area contributed by atoms with Crippen molar-refractivity contribution in [3.8, 4) is 11.1 Å². The fraction of sp³-hybridized carbons (Fsp3) is 0.333. The number of benzene rings is 3. The number of aryl methyl sites for hydroxylation is 2. The second kappa shape index (κ2) is 10.2. The number of aliphatic hydroxyl groups excluding tert-OH is 2. The average molecular weight is 512 g/mol. The fourth-order valence-corrected chi connectivity index (χ4v) is 4.41. The maximum absolute atomic E-state index is 14.1. The zero-order chi connectivity index (χ0) is 26.9. The van der Waals surface area contributed by atoms with Crippen molar-refractivity contribution in [3.05, 3.63) is 93.5 Å². The highest BCUT2D eigenvalue weighted by Gasteiger charge is 2.72. The Balaban J connectivity index is 2.29. The van der Waals surface area contributed by atoms with Crippen molar-refractivity contribution in [2.45, 2.75) is 57.9 Å². The maximum atomic E-state index is 14.1. The molecule has 9 heteroatoms. The van der Waals surface area contributed by atoms with Crippen LogP contribution in [0.3, 0.4) is 0 Å². The molecular weight excluding hydrogens is 486 g/mol. The van der Waals surface area contributed by atoms with Gasteiger partial charge in [-0.1, -0.05) is 54.6 Å². The number of halogens is 6. The van der Waals surface area contributed by atoms with E-state index in [2.05, 4.69) is 0 Å². The summed E-state index contributed by atoms with van der Waals surface area (Å²) in [6, 6.07) is 13.3. The molecule has 0 saturated heterocycles. The zero-order valence-electron chi connectivity index (χ0n) is 19.6. The minimum Gasteiger partial charge on any atom is -0.392 e. The molecule has 0 bridgehead atoms. The van der Waals surface area contributed by atoms with Gasteiger partial charge >= 0.3 is 12.4 Å². The first-order valence-corrected chi connectivity index (χ1v) is 11.1. The largest absolute Gasteiger partial charge is 0.430 e. The van der Waals surface area contributed by atoms with E-state index < -0.39 is 30.1 Å². The lowest BCUT2D eigenvalue weighted by molar-refractivity contribution is -0.376. The minimum atomic E-state index is -6.04. The van der Waals surface area contributed by atoms with Crippen molar-refractivity contribution in [2.75, 3.05) is 0 Å². The van der Waals surface area contributed by atoms with E-state index in [4.69, 9.17) is 0 Å². The predicted molar refractivity (Wildman–Crippen MR) is 123 cm³/mol. The summed E-state index contributed by atoms with van der Waals surface area (Å²) >= 11 is 0. The van der Waals surface area contributed by atoms with E-state index in [1.807, 2.05) is 0 Å². The second-order valence-corrected chi connectivity index (χ2v) is 8.71. The summed E-state index contributed by atoms with van der Waals surface area (Å²) in [6.45, 7) is 2.31. The summed E-state index contributed by atoms with van der Waals surface area (Å²) in [5.41, 5.74) is -4.71. The zero-order valence-corrected chi connectivity index (χ0v) is 19.6. The lowest BCUT2D eigenvalue weighted by atomic mass is 9.78. The monoisotopic (exact) mass is 512 g/mol. The SMILES string of the molecule is Cc1cc(-c2ccccc2)c(C(O)(C(F)(F)F)C(F)(F)F)c(CCc2ccc(CO)c(CO)c2)c1C. The van der Waals surface area contributed by atoms with Crippen molar-refractivity contribution < 1.29 is 41.7 Å². The Morgan fingerprint density at radius 2 is 1.31 bits per heavy atom. The summed E-state index contributed by atoms with van der Waals surface area (Å²) in [4.78, 5) is 0. The van der Waals surface area contributed by atoms with Crippen LogP contribution in [0.4, 0.5) is 26.3 Å². The molecule has 0 fully saturated rings. The first-order chi connectivity index (χ1) is 16.8. The molecule has 3 aromatic rings. The number of rotatable bonds is 7. The summed E-state index contributed by atoms with van der Waals surface area (Å²) < 4.78 is 84.7. The van der Waals surface area contributed by atoms with Gasteiger partial charge in [-0.2, -0.15) is 26.3 Å². The van der Waals surface area contributed by atoms with Crippen molar-refractivity contribution in [1.82, 2.24) is 0 Å². The Kier molecular flexibility index (Phi) is 7.88. The summed E-state index contributed by atoms with van der Waals surface area (Å²) in [5, 5.41) is 29.4. The van der Waals surface area contributed by atoms with Crippen molar-refractivity contribution >= 4 is 0 Å². The highest BCUT2D eigenvalue weighted by atomic mass is 19.4. The Bertz CT molecular complexity index is 1200. The van der Waals surface area contributed by atoms with Gasteiger partial charge in [0.1, 0.15) is 0 Å². The summed E-state index contributed by atoms with van der Waals surface area (Å²) in [5.74, 6) is 0. The van der Waals surface area contributed by atoms with Gasteiger partial charge in [0, 0.05) is 5.56 Å². The van der Waals surface area contributed by atoms with Crippen LogP contribution >= 0.6 is 0 Å². The smallest absolute Gasteiger partial charge is 0.392 e. The van der Waals surface area contributed by atoms with Gasteiger partial charge in [0.15, 0.2) is 0 Å². The molecule has 0 aliphatic rings. The van der Waals surface area contributed by atoms with E-state index in [-0.39, 0.29) is 41.7 Å². The van der Waals surface area contributed by atoms with Crippen LogP contribution in [0.2, 0.25) is 0 Å². The van der Waals surface area contributed by atoms with Crippen LogP contribution in [0, 0.1) is 13.8 Å². The molecule has 0 atom stereocenters. The number of alkyl halides is 6. The number of hydrogen-bond acceptors (Lipinski definition) is 3. The van der Waals surface area contributed by atoms with Crippen molar-refractivity contribution in [2.24, 2.45) is 0 Å².